The second-order valence-electron chi connectivity index (χ2n) is 5.29. The number of hydrogen-bond donors (Lipinski definition) is 1. The topological polar surface area (TPSA) is 75.2 Å². The van der Waals surface area contributed by atoms with Crippen molar-refractivity contribution in [1.82, 2.24) is 9.97 Å². The molecule has 22 heavy (non-hydrogen) atoms. The molecule has 2 aromatic rings. The van der Waals surface area contributed by atoms with E-state index in [1.807, 2.05) is 13.0 Å². The molecular formula is C16H16N4O2. The number of rotatable bonds is 3. The minimum Gasteiger partial charge on any atom is -0.326 e. The summed E-state index contributed by atoms with van der Waals surface area (Å²) in [5.41, 5.74) is 2.25. The Labute approximate surface area is 128 Å². The van der Waals surface area contributed by atoms with Crippen LogP contribution >= 0.6 is 0 Å². The van der Waals surface area contributed by atoms with Crippen LogP contribution in [0.2, 0.25) is 0 Å². The fourth-order valence-electron chi connectivity index (χ4n) is 2.51. The molecule has 0 radical (unpaired) electrons. The van der Waals surface area contributed by atoms with Gasteiger partial charge in [-0.3, -0.25) is 19.6 Å². The van der Waals surface area contributed by atoms with Crippen LogP contribution < -0.4 is 10.2 Å². The van der Waals surface area contributed by atoms with Crippen LogP contribution in [0, 0.1) is 12.8 Å². The quantitative estimate of drug-likeness (QED) is 0.936. The van der Waals surface area contributed by atoms with Crippen molar-refractivity contribution in [1.29, 1.82) is 0 Å². The third-order valence-electron chi connectivity index (χ3n) is 3.62. The molecular weight excluding hydrogens is 280 g/mol. The lowest BCUT2D eigenvalue weighted by molar-refractivity contribution is -0.122. The second kappa shape index (κ2) is 5.93. The van der Waals surface area contributed by atoms with E-state index >= 15 is 0 Å². The van der Waals surface area contributed by atoms with Crippen LogP contribution in [0.25, 0.3) is 0 Å². The molecule has 0 aliphatic carbocycles. The number of aryl methyl sites for hydroxylation is 1. The van der Waals surface area contributed by atoms with Gasteiger partial charge in [-0.1, -0.05) is 0 Å². The fourth-order valence-corrected chi connectivity index (χ4v) is 2.51. The van der Waals surface area contributed by atoms with Gasteiger partial charge in [0.15, 0.2) is 0 Å². The van der Waals surface area contributed by atoms with Crippen molar-refractivity contribution in [2.45, 2.75) is 13.3 Å². The van der Waals surface area contributed by atoms with E-state index in [9.17, 15) is 9.59 Å². The highest BCUT2D eigenvalue weighted by molar-refractivity contribution is 6.03. The molecule has 2 aromatic heterocycles. The molecule has 1 fully saturated rings. The van der Waals surface area contributed by atoms with Gasteiger partial charge in [0.25, 0.3) is 0 Å². The maximum atomic E-state index is 12.3. The Kier molecular flexibility index (Phi) is 3.82. The van der Waals surface area contributed by atoms with E-state index in [4.69, 9.17) is 0 Å². The highest BCUT2D eigenvalue weighted by Gasteiger charge is 2.35. The molecule has 0 bridgehead atoms. The maximum absolute atomic E-state index is 12.3. The number of carbonyl (C=O) groups excluding carboxylic acids is 2. The molecule has 1 unspecified atom stereocenters. The lowest BCUT2D eigenvalue weighted by atomic mass is 10.1. The molecule has 1 aliphatic heterocycles. The Bertz CT molecular complexity index is 702. The van der Waals surface area contributed by atoms with E-state index in [1.165, 1.54) is 0 Å². The Morgan fingerprint density at radius 1 is 1.36 bits per heavy atom. The molecule has 1 atom stereocenters. The van der Waals surface area contributed by atoms with Crippen LogP contribution in [0.4, 0.5) is 11.4 Å². The van der Waals surface area contributed by atoms with Gasteiger partial charge in [0.1, 0.15) is 0 Å². The van der Waals surface area contributed by atoms with Gasteiger partial charge < -0.3 is 10.2 Å². The summed E-state index contributed by atoms with van der Waals surface area (Å²) in [6.45, 7) is 2.24. The summed E-state index contributed by atoms with van der Waals surface area (Å²) < 4.78 is 0. The zero-order chi connectivity index (χ0) is 15.5. The zero-order valence-electron chi connectivity index (χ0n) is 12.2. The van der Waals surface area contributed by atoms with Gasteiger partial charge in [-0.15, -0.1) is 0 Å². The first-order valence-electron chi connectivity index (χ1n) is 7.07. The fraction of sp³-hybridized carbons (Fsp3) is 0.250. The predicted molar refractivity (Wildman–Crippen MR) is 82.3 cm³/mol. The third kappa shape index (κ3) is 2.95. The van der Waals surface area contributed by atoms with Gasteiger partial charge in [-0.05, 0) is 31.2 Å². The highest BCUT2D eigenvalue weighted by atomic mass is 16.2. The van der Waals surface area contributed by atoms with E-state index in [0.29, 0.717) is 12.2 Å². The Hall–Kier alpha value is -2.76. The summed E-state index contributed by atoms with van der Waals surface area (Å²) in [6, 6.07) is 7.13. The second-order valence-corrected chi connectivity index (χ2v) is 5.29. The lowest BCUT2D eigenvalue weighted by Crippen LogP contribution is -2.28. The molecule has 1 N–H and O–H groups in total. The average Bonchev–Trinajstić information content (AvgIpc) is 2.90. The van der Waals surface area contributed by atoms with E-state index in [0.717, 1.165) is 11.4 Å². The average molecular weight is 296 g/mol. The van der Waals surface area contributed by atoms with Crippen molar-refractivity contribution >= 4 is 23.2 Å². The summed E-state index contributed by atoms with van der Waals surface area (Å²) in [7, 11) is 0. The number of anilines is 2. The minimum absolute atomic E-state index is 0.0564. The van der Waals surface area contributed by atoms with Crippen LogP contribution in [0.15, 0.2) is 42.9 Å². The molecule has 3 rings (SSSR count). The van der Waals surface area contributed by atoms with Crippen LogP contribution in [0.1, 0.15) is 12.1 Å². The van der Waals surface area contributed by atoms with Gasteiger partial charge in [0, 0.05) is 36.7 Å². The monoisotopic (exact) mass is 296 g/mol. The molecule has 0 aromatic carbocycles. The standard InChI is InChI=1S/C16H16N4O2/c1-11-7-13(4-6-18-11)19-16(22)12-8-15(21)20(10-12)14-3-2-5-17-9-14/h2-7,9,12H,8,10H2,1H3,(H,18,19,22). The van der Waals surface area contributed by atoms with Crippen molar-refractivity contribution in [3.63, 3.8) is 0 Å². The highest BCUT2D eigenvalue weighted by Crippen LogP contribution is 2.25. The van der Waals surface area contributed by atoms with Crippen LogP contribution in [-0.4, -0.2) is 28.3 Å². The largest absolute Gasteiger partial charge is 0.326 e. The van der Waals surface area contributed by atoms with Crippen LogP contribution in [0.3, 0.4) is 0 Å². The molecule has 6 heteroatoms. The van der Waals surface area contributed by atoms with E-state index in [-0.39, 0.29) is 24.2 Å². The van der Waals surface area contributed by atoms with E-state index < -0.39 is 0 Å². The number of nitrogens with zero attached hydrogens (tertiary/aromatic N) is 3. The van der Waals surface area contributed by atoms with Crippen molar-refractivity contribution < 1.29 is 9.59 Å². The molecule has 2 amide bonds. The smallest absolute Gasteiger partial charge is 0.229 e. The maximum Gasteiger partial charge on any atom is 0.229 e. The number of carbonyl (C=O) groups is 2. The van der Waals surface area contributed by atoms with Crippen LogP contribution in [0.5, 0.6) is 0 Å². The molecule has 0 saturated carbocycles. The summed E-state index contributed by atoms with van der Waals surface area (Å²) >= 11 is 0. The molecule has 112 valence electrons. The van der Waals surface area contributed by atoms with Gasteiger partial charge in [-0.2, -0.15) is 0 Å². The molecule has 6 nitrogen and oxygen atoms in total. The molecule has 1 saturated heterocycles. The first kappa shape index (κ1) is 14.2. The molecule has 0 spiro atoms. The molecule has 1 aliphatic rings. The Morgan fingerprint density at radius 3 is 2.95 bits per heavy atom. The van der Waals surface area contributed by atoms with Crippen molar-refractivity contribution in [2.24, 2.45) is 5.92 Å². The van der Waals surface area contributed by atoms with Crippen LogP contribution in [-0.2, 0) is 9.59 Å². The summed E-state index contributed by atoms with van der Waals surface area (Å²) in [6.07, 6.45) is 5.14. The van der Waals surface area contributed by atoms with Gasteiger partial charge in [-0.25, -0.2) is 0 Å². The SMILES string of the molecule is Cc1cc(NC(=O)C2CC(=O)N(c3cccnc3)C2)ccn1. The van der Waals surface area contributed by atoms with E-state index in [2.05, 4.69) is 15.3 Å². The van der Waals surface area contributed by atoms with Gasteiger partial charge >= 0.3 is 0 Å². The van der Waals surface area contributed by atoms with E-state index in [1.54, 1.807) is 41.7 Å². The Morgan fingerprint density at radius 2 is 2.23 bits per heavy atom. The summed E-state index contributed by atoms with van der Waals surface area (Å²) in [5, 5.41) is 2.84. The van der Waals surface area contributed by atoms with Crippen molar-refractivity contribution in [2.75, 3.05) is 16.8 Å². The number of aromatic nitrogens is 2. The third-order valence-corrected chi connectivity index (χ3v) is 3.62. The lowest BCUT2D eigenvalue weighted by Gasteiger charge is -2.16. The minimum atomic E-state index is -0.360. The number of pyridine rings is 2. The molecule has 3 heterocycles. The van der Waals surface area contributed by atoms with Gasteiger partial charge in [0.2, 0.25) is 11.8 Å². The Balaban J connectivity index is 1.69. The first-order chi connectivity index (χ1) is 10.6. The van der Waals surface area contributed by atoms with Crippen molar-refractivity contribution in [3.8, 4) is 0 Å². The summed E-state index contributed by atoms with van der Waals surface area (Å²) in [5.74, 6) is -0.564. The zero-order valence-corrected chi connectivity index (χ0v) is 12.2. The summed E-state index contributed by atoms with van der Waals surface area (Å²) in [4.78, 5) is 34.1. The predicted octanol–water partition coefficient (Wildman–Crippen LogP) is 1.78. The van der Waals surface area contributed by atoms with Crippen molar-refractivity contribution in [3.05, 3.63) is 48.5 Å². The number of nitrogens with one attached hydrogen (secondary N) is 1. The van der Waals surface area contributed by atoms with Gasteiger partial charge in [0.05, 0.1) is 17.8 Å². The first-order valence-corrected chi connectivity index (χ1v) is 7.07. The number of amides is 2. The normalized spacial score (nSPS) is 17.6. The number of hydrogen-bond acceptors (Lipinski definition) is 4.